The maximum atomic E-state index is 13.0. The summed E-state index contributed by atoms with van der Waals surface area (Å²) in [5.74, 6) is -0.397. The Morgan fingerprint density at radius 2 is 2.07 bits per heavy atom. The summed E-state index contributed by atoms with van der Waals surface area (Å²) < 4.78 is 14.5. The van der Waals surface area contributed by atoms with Gasteiger partial charge in [0.25, 0.3) is 11.5 Å². The number of anilines is 1. The van der Waals surface area contributed by atoms with Crippen LogP contribution in [0.3, 0.4) is 0 Å². The first-order valence-electron chi connectivity index (χ1n) is 8.66. The molecule has 0 spiro atoms. The van der Waals surface area contributed by atoms with E-state index in [1.165, 1.54) is 47.4 Å². The van der Waals surface area contributed by atoms with Gasteiger partial charge in [-0.05, 0) is 35.7 Å². The van der Waals surface area contributed by atoms with Gasteiger partial charge in [0.15, 0.2) is 5.16 Å². The number of allylic oxidation sites excluding steroid dienone is 1. The zero-order chi connectivity index (χ0) is 21.1. The molecule has 3 heterocycles. The number of rotatable bonds is 7. The standard InChI is InChI=1S/C19H14FN5O2S3/c1-2-8-25-18(27)13-7-9-28-16(13)22-19(25)29-10-14-23-24-17(30-14)15(26)21-12-5-3-11(20)4-6-12/h2-7,9H,1,8,10H2,(H,21,26). The largest absolute Gasteiger partial charge is 0.320 e. The van der Waals surface area contributed by atoms with E-state index in [2.05, 4.69) is 27.1 Å². The van der Waals surface area contributed by atoms with E-state index in [-0.39, 0.29) is 16.4 Å². The van der Waals surface area contributed by atoms with Gasteiger partial charge in [-0.3, -0.25) is 14.2 Å². The molecule has 1 N–H and O–H groups in total. The summed E-state index contributed by atoms with van der Waals surface area (Å²) >= 11 is 3.91. The molecule has 1 aromatic carbocycles. The molecule has 0 aliphatic carbocycles. The third-order valence-electron chi connectivity index (χ3n) is 3.95. The maximum absolute atomic E-state index is 13.0. The molecule has 7 nitrogen and oxygen atoms in total. The van der Waals surface area contributed by atoms with Crippen LogP contribution in [0.25, 0.3) is 10.2 Å². The number of aromatic nitrogens is 4. The average Bonchev–Trinajstić information content (AvgIpc) is 3.40. The van der Waals surface area contributed by atoms with Crippen molar-refractivity contribution in [2.24, 2.45) is 0 Å². The Kier molecular flexibility index (Phi) is 6.02. The second kappa shape index (κ2) is 8.86. The third kappa shape index (κ3) is 4.32. The number of halogens is 1. The van der Waals surface area contributed by atoms with Crippen molar-refractivity contribution in [3.63, 3.8) is 0 Å². The first kappa shape index (κ1) is 20.4. The molecule has 0 unspecified atom stereocenters. The zero-order valence-corrected chi connectivity index (χ0v) is 17.8. The first-order chi connectivity index (χ1) is 14.5. The molecule has 0 fully saturated rings. The molecule has 0 saturated heterocycles. The lowest BCUT2D eigenvalue weighted by Crippen LogP contribution is -2.22. The quantitative estimate of drug-likeness (QED) is 0.253. The molecular formula is C19H14FN5O2S3. The van der Waals surface area contributed by atoms with E-state index in [1.807, 2.05) is 5.38 Å². The summed E-state index contributed by atoms with van der Waals surface area (Å²) in [6, 6.07) is 7.22. The summed E-state index contributed by atoms with van der Waals surface area (Å²) in [7, 11) is 0. The minimum Gasteiger partial charge on any atom is -0.320 e. The molecule has 0 saturated carbocycles. The Labute approximate surface area is 182 Å². The van der Waals surface area contributed by atoms with E-state index in [9.17, 15) is 14.0 Å². The fourth-order valence-corrected chi connectivity index (χ4v) is 5.11. The first-order valence-corrected chi connectivity index (χ1v) is 11.3. The van der Waals surface area contributed by atoms with Gasteiger partial charge >= 0.3 is 0 Å². The Balaban J connectivity index is 1.48. The fourth-order valence-electron chi connectivity index (χ4n) is 2.58. The van der Waals surface area contributed by atoms with Gasteiger partial charge in [-0.25, -0.2) is 9.37 Å². The second-order valence-corrected chi connectivity index (χ2v) is 8.89. The molecular weight excluding hydrogens is 445 g/mol. The molecule has 0 atom stereocenters. The van der Waals surface area contributed by atoms with E-state index in [4.69, 9.17) is 0 Å². The van der Waals surface area contributed by atoms with Crippen LogP contribution in [-0.2, 0) is 12.3 Å². The number of hydrogen-bond donors (Lipinski definition) is 1. The predicted molar refractivity (Wildman–Crippen MR) is 118 cm³/mol. The van der Waals surface area contributed by atoms with Crippen LogP contribution in [0.5, 0.6) is 0 Å². The summed E-state index contributed by atoms with van der Waals surface area (Å²) in [4.78, 5) is 30.2. The molecule has 0 bridgehead atoms. The fraction of sp³-hybridized carbons (Fsp3) is 0.105. The number of thiophene rings is 1. The molecule has 0 aliphatic rings. The summed E-state index contributed by atoms with van der Waals surface area (Å²) in [6.45, 7) is 4.06. The van der Waals surface area contributed by atoms with Crippen molar-refractivity contribution in [3.05, 3.63) is 74.6 Å². The molecule has 3 aromatic heterocycles. The highest BCUT2D eigenvalue weighted by Gasteiger charge is 2.16. The van der Waals surface area contributed by atoms with Crippen LogP contribution in [-0.4, -0.2) is 25.7 Å². The van der Waals surface area contributed by atoms with E-state index in [0.29, 0.717) is 38.4 Å². The Hall–Kier alpha value is -2.89. The molecule has 1 amide bonds. The third-order valence-corrected chi connectivity index (χ3v) is 6.85. The molecule has 0 aliphatic heterocycles. The maximum Gasteiger partial charge on any atom is 0.286 e. The SMILES string of the molecule is C=CCn1c(SCc2nnc(C(=O)Nc3ccc(F)cc3)s2)nc2sccc2c1=O. The van der Waals surface area contributed by atoms with Crippen molar-refractivity contribution in [1.29, 1.82) is 0 Å². The number of fused-ring (bicyclic) bond motifs is 1. The average molecular weight is 460 g/mol. The van der Waals surface area contributed by atoms with Gasteiger partial charge in [0.1, 0.15) is 15.7 Å². The van der Waals surface area contributed by atoms with Crippen LogP contribution in [0.15, 0.2) is 58.3 Å². The highest BCUT2D eigenvalue weighted by atomic mass is 32.2. The lowest BCUT2D eigenvalue weighted by molar-refractivity contribution is 0.102. The van der Waals surface area contributed by atoms with Crippen LogP contribution in [0.2, 0.25) is 0 Å². The Morgan fingerprint density at radius 1 is 1.27 bits per heavy atom. The number of carbonyl (C=O) groups is 1. The summed E-state index contributed by atoms with van der Waals surface area (Å²) in [5.41, 5.74) is 0.356. The van der Waals surface area contributed by atoms with E-state index in [0.717, 1.165) is 11.3 Å². The normalized spacial score (nSPS) is 11.0. The minimum atomic E-state index is -0.419. The highest BCUT2D eigenvalue weighted by molar-refractivity contribution is 7.98. The van der Waals surface area contributed by atoms with Crippen LogP contribution in [0.4, 0.5) is 10.1 Å². The van der Waals surface area contributed by atoms with Crippen molar-refractivity contribution in [3.8, 4) is 0 Å². The van der Waals surface area contributed by atoms with Gasteiger partial charge in [0, 0.05) is 12.2 Å². The van der Waals surface area contributed by atoms with Gasteiger partial charge in [-0.1, -0.05) is 29.2 Å². The van der Waals surface area contributed by atoms with Crippen LogP contribution in [0, 0.1) is 5.82 Å². The summed E-state index contributed by atoms with van der Waals surface area (Å²) in [5, 5.41) is 14.4. The topological polar surface area (TPSA) is 89.8 Å². The van der Waals surface area contributed by atoms with Crippen molar-refractivity contribution in [2.75, 3.05) is 5.32 Å². The highest BCUT2D eigenvalue weighted by Crippen LogP contribution is 2.25. The van der Waals surface area contributed by atoms with Crippen molar-refractivity contribution < 1.29 is 9.18 Å². The number of nitrogens with one attached hydrogen (secondary N) is 1. The van der Waals surface area contributed by atoms with E-state index >= 15 is 0 Å². The van der Waals surface area contributed by atoms with Gasteiger partial charge in [-0.2, -0.15) is 0 Å². The van der Waals surface area contributed by atoms with E-state index < -0.39 is 5.91 Å². The summed E-state index contributed by atoms with van der Waals surface area (Å²) in [6.07, 6.45) is 1.65. The molecule has 11 heteroatoms. The van der Waals surface area contributed by atoms with Crippen molar-refractivity contribution in [2.45, 2.75) is 17.5 Å². The Morgan fingerprint density at radius 3 is 2.83 bits per heavy atom. The zero-order valence-electron chi connectivity index (χ0n) is 15.4. The van der Waals surface area contributed by atoms with Gasteiger partial charge in [0.2, 0.25) is 5.01 Å². The lowest BCUT2D eigenvalue weighted by Gasteiger charge is -2.08. The molecule has 4 aromatic rings. The molecule has 4 rings (SSSR count). The minimum absolute atomic E-state index is 0.111. The lowest BCUT2D eigenvalue weighted by atomic mass is 10.3. The van der Waals surface area contributed by atoms with Gasteiger partial charge < -0.3 is 5.32 Å². The smallest absolute Gasteiger partial charge is 0.286 e. The Bertz CT molecular complexity index is 1280. The van der Waals surface area contributed by atoms with Crippen LogP contribution < -0.4 is 10.9 Å². The molecule has 30 heavy (non-hydrogen) atoms. The molecule has 0 radical (unpaired) electrons. The van der Waals surface area contributed by atoms with Crippen LogP contribution in [0.1, 0.15) is 14.8 Å². The monoisotopic (exact) mass is 459 g/mol. The van der Waals surface area contributed by atoms with Crippen molar-refractivity contribution >= 4 is 56.2 Å². The number of thioether (sulfide) groups is 1. The molecule has 152 valence electrons. The number of amides is 1. The van der Waals surface area contributed by atoms with Crippen molar-refractivity contribution in [1.82, 2.24) is 19.7 Å². The van der Waals surface area contributed by atoms with Gasteiger partial charge in [-0.15, -0.1) is 28.1 Å². The number of benzene rings is 1. The number of hydrogen-bond acceptors (Lipinski definition) is 8. The van der Waals surface area contributed by atoms with E-state index in [1.54, 1.807) is 16.7 Å². The predicted octanol–water partition coefficient (Wildman–Crippen LogP) is 4.18. The van der Waals surface area contributed by atoms with Crippen LogP contribution >= 0.6 is 34.4 Å². The number of nitrogens with zero attached hydrogens (tertiary/aromatic N) is 4. The number of carbonyl (C=O) groups excluding carboxylic acids is 1. The van der Waals surface area contributed by atoms with Gasteiger partial charge in [0.05, 0.1) is 11.1 Å². The second-order valence-electron chi connectivity index (χ2n) is 5.99.